The van der Waals surface area contributed by atoms with E-state index >= 15 is 0 Å². The third-order valence-electron chi connectivity index (χ3n) is 5.11. The Morgan fingerprint density at radius 1 is 1.15 bits per heavy atom. The van der Waals surface area contributed by atoms with Gasteiger partial charge in [-0.25, -0.2) is 0 Å². The molecule has 5 nitrogen and oxygen atoms in total. The van der Waals surface area contributed by atoms with Gasteiger partial charge in [0.2, 0.25) is 0 Å². The summed E-state index contributed by atoms with van der Waals surface area (Å²) in [4.78, 5) is 0. The quantitative estimate of drug-likeness (QED) is 0.755. The number of aliphatic hydroxyl groups excluding tert-OH is 2. The van der Waals surface area contributed by atoms with Gasteiger partial charge in [0, 0.05) is 12.8 Å². The van der Waals surface area contributed by atoms with Crippen LogP contribution in [0, 0.1) is 11.3 Å². The second kappa shape index (κ2) is 8.53. The lowest BCUT2D eigenvalue weighted by molar-refractivity contribution is -0.113. The van der Waals surface area contributed by atoms with Crippen LogP contribution in [0.3, 0.4) is 0 Å². The zero-order chi connectivity index (χ0) is 19.4. The normalized spacial score (nSPS) is 22.4. The summed E-state index contributed by atoms with van der Waals surface area (Å²) >= 11 is 0. The molecule has 0 bridgehead atoms. The molecule has 1 aliphatic rings. The van der Waals surface area contributed by atoms with Crippen LogP contribution in [-0.2, 0) is 17.6 Å². The van der Waals surface area contributed by atoms with Crippen molar-refractivity contribution in [3.8, 4) is 11.8 Å². The number of phenols is 1. The molecule has 2 aromatic rings. The van der Waals surface area contributed by atoms with Crippen molar-refractivity contribution in [2.75, 3.05) is 6.61 Å². The Kier molecular flexibility index (Phi) is 6.12. The van der Waals surface area contributed by atoms with Gasteiger partial charge in [-0.1, -0.05) is 37.3 Å². The molecule has 0 aromatic heterocycles. The smallest absolute Gasteiger partial charge is 0.134 e. The topological polar surface area (TPSA) is 93.7 Å². The van der Waals surface area contributed by atoms with Crippen LogP contribution >= 0.6 is 0 Å². The second-order valence-corrected chi connectivity index (χ2v) is 7.09. The van der Waals surface area contributed by atoms with E-state index in [1.807, 2.05) is 18.2 Å². The first kappa shape index (κ1) is 19.4. The predicted molar refractivity (Wildman–Crippen MR) is 101 cm³/mol. The average Bonchev–Trinajstić information content (AvgIpc) is 2.67. The molecule has 3 atom stereocenters. The van der Waals surface area contributed by atoms with E-state index in [0.29, 0.717) is 24.8 Å². The molecule has 142 valence electrons. The van der Waals surface area contributed by atoms with Crippen molar-refractivity contribution in [2.45, 2.75) is 50.9 Å². The minimum Gasteiger partial charge on any atom is -0.507 e. The minimum absolute atomic E-state index is 0.0839. The van der Waals surface area contributed by atoms with Crippen LogP contribution in [0.5, 0.6) is 5.75 Å². The van der Waals surface area contributed by atoms with Crippen LogP contribution in [0.2, 0.25) is 0 Å². The van der Waals surface area contributed by atoms with Gasteiger partial charge < -0.3 is 20.1 Å². The van der Waals surface area contributed by atoms with Gasteiger partial charge in [0.05, 0.1) is 30.5 Å². The summed E-state index contributed by atoms with van der Waals surface area (Å²) in [5, 5.41) is 39.3. The Morgan fingerprint density at radius 3 is 2.48 bits per heavy atom. The number of nitriles is 1. The number of rotatable bonds is 5. The highest BCUT2D eigenvalue weighted by Gasteiger charge is 2.30. The number of hydrogen-bond donors (Lipinski definition) is 3. The Bertz CT molecular complexity index is 825. The van der Waals surface area contributed by atoms with Crippen LogP contribution in [0.4, 0.5) is 0 Å². The molecule has 5 heteroatoms. The van der Waals surface area contributed by atoms with E-state index in [1.54, 1.807) is 0 Å². The lowest BCUT2D eigenvalue weighted by Crippen LogP contribution is -2.33. The maximum Gasteiger partial charge on any atom is 0.134 e. The number of aryl methyl sites for hydroxylation is 1. The molecule has 0 aliphatic carbocycles. The highest BCUT2D eigenvalue weighted by atomic mass is 16.5. The number of phenolic OH excluding ortho intramolecular Hbond substituents is 1. The Labute approximate surface area is 159 Å². The number of aliphatic hydroxyl groups is 2. The van der Waals surface area contributed by atoms with Gasteiger partial charge >= 0.3 is 0 Å². The molecule has 0 saturated carbocycles. The SMILES string of the molecule is CCc1ccc(Cc2cc(C3CC(O)CC(CO)O3)cc(O)c2C#N)cc1. The fourth-order valence-electron chi connectivity index (χ4n) is 3.60. The molecule has 1 fully saturated rings. The van der Waals surface area contributed by atoms with Crippen LogP contribution in [-0.4, -0.2) is 34.1 Å². The van der Waals surface area contributed by atoms with Crippen molar-refractivity contribution in [3.63, 3.8) is 0 Å². The van der Waals surface area contributed by atoms with Crippen molar-refractivity contribution < 1.29 is 20.1 Å². The molecular formula is C22H25NO4. The first-order valence-corrected chi connectivity index (χ1v) is 9.32. The standard InChI is InChI=1S/C22H25NO4/c1-2-14-3-5-15(6-4-14)7-16-8-17(9-21(26)20(16)12-23)22-11-18(25)10-19(13-24)27-22/h3-6,8-9,18-19,22,24-26H,2,7,10-11,13H2,1H3. The third kappa shape index (κ3) is 4.48. The summed E-state index contributed by atoms with van der Waals surface area (Å²) < 4.78 is 5.85. The molecular weight excluding hydrogens is 342 g/mol. The van der Waals surface area contributed by atoms with Gasteiger partial charge in [0.25, 0.3) is 0 Å². The number of nitrogens with zero attached hydrogens (tertiary/aromatic N) is 1. The Hall–Kier alpha value is -2.39. The maximum absolute atomic E-state index is 10.4. The minimum atomic E-state index is -0.566. The van der Waals surface area contributed by atoms with Crippen molar-refractivity contribution in [1.82, 2.24) is 0 Å². The van der Waals surface area contributed by atoms with E-state index in [0.717, 1.165) is 17.5 Å². The van der Waals surface area contributed by atoms with Crippen molar-refractivity contribution in [1.29, 1.82) is 5.26 Å². The molecule has 27 heavy (non-hydrogen) atoms. The fraction of sp³-hybridized carbons (Fsp3) is 0.409. The zero-order valence-corrected chi connectivity index (χ0v) is 15.4. The molecule has 0 amide bonds. The third-order valence-corrected chi connectivity index (χ3v) is 5.11. The number of ether oxygens (including phenoxy) is 1. The predicted octanol–water partition coefficient (Wildman–Crippen LogP) is 2.99. The van der Waals surface area contributed by atoms with Crippen LogP contribution in [0.15, 0.2) is 36.4 Å². The highest BCUT2D eigenvalue weighted by Crippen LogP contribution is 2.35. The summed E-state index contributed by atoms with van der Waals surface area (Å²) in [6.07, 6.45) is 0.856. The number of hydrogen-bond acceptors (Lipinski definition) is 5. The van der Waals surface area contributed by atoms with Crippen LogP contribution < -0.4 is 0 Å². The Morgan fingerprint density at radius 2 is 1.85 bits per heavy atom. The van der Waals surface area contributed by atoms with Gasteiger partial charge in [0.1, 0.15) is 11.8 Å². The molecule has 3 rings (SSSR count). The van der Waals surface area contributed by atoms with Crippen LogP contribution in [0.25, 0.3) is 0 Å². The number of benzene rings is 2. The zero-order valence-electron chi connectivity index (χ0n) is 15.4. The maximum atomic E-state index is 10.4. The average molecular weight is 367 g/mol. The summed E-state index contributed by atoms with van der Waals surface area (Å²) in [6.45, 7) is 1.94. The Balaban J connectivity index is 1.92. The lowest BCUT2D eigenvalue weighted by Gasteiger charge is -2.33. The molecule has 1 heterocycles. The second-order valence-electron chi connectivity index (χ2n) is 7.09. The van der Waals surface area contributed by atoms with Gasteiger partial charge in [-0.15, -0.1) is 0 Å². The van der Waals surface area contributed by atoms with Gasteiger partial charge in [-0.2, -0.15) is 5.26 Å². The van der Waals surface area contributed by atoms with Crippen molar-refractivity contribution >= 4 is 0 Å². The first-order valence-electron chi connectivity index (χ1n) is 9.32. The van der Waals surface area contributed by atoms with E-state index in [1.165, 1.54) is 11.6 Å². The van der Waals surface area contributed by atoms with Crippen molar-refractivity contribution in [2.24, 2.45) is 0 Å². The molecule has 0 spiro atoms. The van der Waals surface area contributed by atoms with Gasteiger partial charge in [0.15, 0.2) is 0 Å². The molecule has 3 N–H and O–H groups in total. The molecule has 1 aliphatic heterocycles. The van der Waals surface area contributed by atoms with E-state index in [-0.39, 0.29) is 17.9 Å². The lowest BCUT2D eigenvalue weighted by atomic mass is 9.91. The molecule has 0 radical (unpaired) electrons. The van der Waals surface area contributed by atoms with Crippen molar-refractivity contribution in [3.05, 3.63) is 64.2 Å². The summed E-state index contributed by atoms with van der Waals surface area (Å²) in [5.74, 6) is -0.0839. The number of aromatic hydroxyl groups is 1. The largest absolute Gasteiger partial charge is 0.507 e. The van der Waals surface area contributed by atoms with Crippen LogP contribution in [0.1, 0.15) is 53.7 Å². The monoisotopic (exact) mass is 367 g/mol. The first-order chi connectivity index (χ1) is 13.0. The van der Waals surface area contributed by atoms with E-state index in [9.17, 15) is 20.6 Å². The molecule has 1 saturated heterocycles. The summed E-state index contributed by atoms with van der Waals surface area (Å²) in [7, 11) is 0. The van der Waals surface area contributed by atoms with E-state index in [2.05, 4.69) is 25.1 Å². The molecule has 3 unspecified atom stereocenters. The summed E-state index contributed by atoms with van der Waals surface area (Å²) in [6, 6.07) is 13.7. The summed E-state index contributed by atoms with van der Waals surface area (Å²) in [5.41, 5.74) is 3.99. The van der Waals surface area contributed by atoms with Gasteiger partial charge in [-0.05, 0) is 41.2 Å². The molecule has 2 aromatic carbocycles. The van der Waals surface area contributed by atoms with Gasteiger partial charge in [-0.3, -0.25) is 0 Å². The highest BCUT2D eigenvalue weighted by molar-refractivity contribution is 5.52. The van der Waals surface area contributed by atoms with E-state index < -0.39 is 18.3 Å². The van der Waals surface area contributed by atoms with E-state index in [4.69, 9.17) is 4.74 Å². The fourth-order valence-corrected chi connectivity index (χ4v) is 3.60.